The molecule has 0 spiro atoms. The lowest BCUT2D eigenvalue weighted by Gasteiger charge is -2.20. The molecule has 2 heteroatoms. The van der Waals surface area contributed by atoms with Gasteiger partial charge in [-0.3, -0.25) is 0 Å². The number of para-hydroxylation sites is 2. The molecular formula is C33H38N2. The third-order valence-corrected chi connectivity index (χ3v) is 6.87. The molecule has 0 saturated heterocycles. The molecule has 1 aliphatic carbocycles. The van der Waals surface area contributed by atoms with Crippen LogP contribution in [0.15, 0.2) is 97.8 Å². The third-order valence-electron chi connectivity index (χ3n) is 6.87. The lowest BCUT2D eigenvalue weighted by atomic mass is 9.88. The van der Waals surface area contributed by atoms with Crippen molar-refractivity contribution in [1.82, 2.24) is 9.55 Å². The topological polar surface area (TPSA) is 20.7 Å². The van der Waals surface area contributed by atoms with Crippen LogP contribution in [0.25, 0.3) is 27.7 Å². The van der Waals surface area contributed by atoms with Crippen molar-refractivity contribution < 1.29 is 0 Å². The molecule has 1 atom stereocenters. The molecule has 5 rings (SSSR count). The van der Waals surface area contributed by atoms with Crippen molar-refractivity contribution in [1.29, 1.82) is 0 Å². The molecule has 180 valence electrons. The zero-order chi connectivity index (χ0) is 24.6. The van der Waals surface area contributed by atoms with Crippen LogP contribution in [0, 0.1) is 0 Å². The first kappa shape index (κ1) is 24.6. The Hall–Kier alpha value is -3.52. The lowest BCUT2D eigenvalue weighted by molar-refractivity contribution is 0.654. The van der Waals surface area contributed by atoms with E-state index in [1.165, 1.54) is 51.9 Å². The van der Waals surface area contributed by atoms with Gasteiger partial charge in [0.15, 0.2) is 0 Å². The largest absolute Gasteiger partial charge is 0.361 e. The zero-order valence-electron chi connectivity index (χ0n) is 21.4. The van der Waals surface area contributed by atoms with Crippen molar-refractivity contribution in [2.24, 2.45) is 0 Å². The predicted octanol–water partition coefficient (Wildman–Crippen LogP) is 9.32. The number of rotatable bonds is 7. The SMILES string of the molecule is C=C/C=C\C=C/C(CC)c1c(-c2c[nH]c3ccccc23)c2c(n1-c1ccccc1)CCCC2.CC. The molecule has 2 aromatic carbocycles. The second-order valence-corrected chi connectivity index (χ2v) is 8.83. The van der Waals surface area contributed by atoms with Gasteiger partial charge in [-0.05, 0) is 55.9 Å². The standard InChI is InChI=1S/C31H32N2.C2H6/c1-3-5-6-8-15-23(4-2)31-30(27-22-32-28-20-13-11-18-25(27)28)26-19-12-14-21-29(26)33(31)24-16-9-7-10-17-24;1-2/h3,5-11,13,15-18,20,22-23,32H,1,4,12,14,19,21H2,2H3;1-2H3/b6-5-,15-8-;. The highest BCUT2D eigenvalue weighted by Crippen LogP contribution is 2.45. The van der Waals surface area contributed by atoms with Gasteiger partial charge in [0.2, 0.25) is 0 Å². The molecule has 1 aliphatic rings. The molecule has 2 nitrogen and oxygen atoms in total. The number of H-pyrrole nitrogens is 1. The molecule has 0 fully saturated rings. The van der Waals surface area contributed by atoms with E-state index in [2.05, 4.69) is 102 Å². The summed E-state index contributed by atoms with van der Waals surface area (Å²) in [7, 11) is 0. The Bertz CT molecular complexity index is 1310. The Morgan fingerprint density at radius 3 is 2.46 bits per heavy atom. The number of fused-ring (bicyclic) bond motifs is 2. The highest BCUT2D eigenvalue weighted by Gasteiger charge is 2.30. The molecule has 4 aromatic rings. The number of hydrogen-bond donors (Lipinski definition) is 1. The summed E-state index contributed by atoms with van der Waals surface area (Å²) in [6, 6.07) is 19.6. The van der Waals surface area contributed by atoms with Gasteiger partial charge in [-0.2, -0.15) is 0 Å². The van der Waals surface area contributed by atoms with E-state index in [1.54, 1.807) is 5.56 Å². The predicted molar refractivity (Wildman–Crippen MR) is 153 cm³/mol. The molecule has 35 heavy (non-hydrogen) atoms. The molecule has 0 aliphatic heterocycles. The highest BCUT2D eigenvalue weighted by atomic mass is 15.0. The summed E-state index contributed by atoms with van der Waals surface area (Å²) in [6.07, 6.45) is 18.5. The first-order chi connectivity index (χ1) is 17.3. The Morgan fingerprint density at radius 2 is 1.69 bits per heavy atom. The molecule has 1 N–H and O–H groups in total. The zero-order valence-corrected chi connectivity index (χ0v) is 21.4. The number of aromatic nitrogens is 2. The van der Waals surface area contributed by atoms with Crippen molar-refractivity contribution in [3.63, 3.8) is 0 Å². The Balaban J connectivity index is 0.00000141. The Kier molecular flexibility index (Phi) is 8.26. The second-order valence-electron chi connectivity index (χ2n) is 8.83. The van der Waals surface area contributed by atoms with Crippen molar-refractivity contribution >= 4 is 10.9 Å². The number of benzene rings is 2. The summed E-state index contributed by atoms with van der Waals surface area (Å²) < 4.78 is 2.58. The minimum absolute atomic E-state index is 0.314. The summed E-state index contributed by atoms with van der Waals surface area (Å²) >= 11 is 0. The molecule has 1 unspecified atom stereocenters. The van der Waals surface area contributed by atoms with Crippen LogP contribution >= 0.6 is 0 Å². The van der Waals surface area contributed by atoms with Gasteiger partial charge in [-0.1, -0.05) is 94.1 Å². The van der Waals surface area contributed by atoms with E-state index >= 15 is 0 Å². The summed E-state index contributed by atoms with van der Waals surface area (Å²) in [5, 5.41) is 1.31. The highest BCUT2D eigenvalue weighted by molar-refractivity contribution is 5.97. The van der Waals surface area contributed by atoms with E-state index in [9.17, 15) is 0 Å². The molecule has 0 amide bonds. The lowest BCUT2D eigenvalue weighted by Crippen LogP contribution is -2.10. The van der Waals surface area contributed by atoms with E-state index in [1.807, 2.05) is 26.0 Å². The Labute approximate surface area is 210 Å². The number of allylic oxidation sites excluding steroid dienone is 5. The minimum Gasteiger partial charge on any atom is -0.361 e. The van der Waals surface area contributed by atoms with E-state index in [-0.39, 0.29) is 0 Å². The molecule has 0 bridgehead atoms. The quantitative estimate of drug-likeness (QED) is 0.264. The molecule has 0 saturated carbocycles. The maximum absolute atomic E-state index is 3.80. The van der Waals surface area contributed by atoms with Crippen molar-refractivity contribution in [3.05, 3.63) is 115 Å². The van der Waals surface area contributed by atoms with Crippen LogP contribution in [0.5, 0.6) is 0 Å². The maximum atomic E-state index is 3.80. The van der Waals surface area contributed by atoms with Gasteiger partial charge in [-0.15, -0.1) is 0 Å². The van der Waals surface area contributed by atoms with Gasteiger partial charge in [-0.25, -0.2) is 0 Å². The van der Waals surface area contributed by atoms with Gasteiger partial charge >= 0.3 is 0 Å². The first-order valence-electron chi connectivity index (χ1n) is 13.2. The third kappa shape index (κ3) is 4.84. The number of nitrogens with zero attached hydrogens (tertiary/aromatic N) is 1. The number of hydrogen-bond acceptors (Lipinski definition) is 0. The van der Waals surface area contributed by atoms with E-state index in [4.69, 9.17) is 0 Å². The van der Waals surface area contributed by atoms with Crippen molar-refractivity contribution in [3.8, 4) is 16.8 Å². The van der Waals surface area contributed by atoms with Gasteiger partial charge in [0.25, 0.3) is 0 Å². The minimum atomic E-state index is 0.314. The van der Waals surface area contributed by atoms with Gasteiger partial charge in [0.1, 0.15) is 0 Å². The first-order valence-corrected chi connectivity index (χ1v) is 13.2. The molecule has 2 heterocycles. The van der Waals surface area contributed by atoms with Crippen LogP contribution in [0.1, 0.15) is 62.9 Å². The average molecular weight is 463 g/mol. The summed E-state index contributed by atoms with van der Waals surface area (Å²) in [5.41, 5.74) is 9.70. The average Bonchev–Trinajstić information content (AvgIpc) is 3.49. The fourth-order valence-electron chi connectivity index (χ4n) is 5.38. The molecule has 2 aromatic heterocycles. The van der Waals surface area contributed by atoms with Crippen LogP contribution < -0.4 is 0 Å². The van der Waals surface area contributed by atoms with E-state index in [0.29, 0.717) is 5.92 Å². The van der Waals surface area contributed by atoms with Crippen LogP contribution in [0.2, 0.25) is 0 Å². The van der Waals surface area contributed by atoms with Crippen LogP contribution in [-0.2, 0) is 12.8 Å². The maximum Gasteiger partial charge on any atom is 0.0460 e. The Morgan fingerprint density at radius 1 is 0.943 bits per heavy atom. The monoisotopic (exact) mass is 462 g/mol. The smallest absolute Gasteiger partial charge is 0.0460 e. The van der Waals surface area contributed by atoms with E-state index in [0.717, 1.165) is 19.3 Å². The van der Waals surface area contributed by atoms with Gasteiger partial charge in [0.05, 0.1) is 0 Å². The van der Waals surface area contributed by atoms with E-state index < -0.39 is 0 Å². The molecule has 0 radical (unpaired) electrons. The van der Waals surface area contributed by atoms with Crippen molar-refractivity contribution in [2.45, 2.75) is 58.8 Å². The van der Waals surface area contributed by atoms with Gasteiger partial charge < -0.3 is 9.55 Å². The summed E-state index contributed by atoms with van der Waals surface area (Å²) in [4.78, 5) is 3.54. The number of nitrogens with one attached hydrogen (secondary N) is 1. The van der Waals surface area contributed by atoms with Crippen LogP contribution in [0.4, 0.5) is 0 Å². The van der Waals surface area contributed by atoms with Crippen LogP contribution in [0.3, 0.4) is 0 Å². The molecular weight excluding hydrogens is 424 g/mol. The number of aromatic amines is 1. The van der Waals surface area contributed by atoms with Crippen molar-refractivity contribution in [2.75, 3.05) is 0 Å². The summed E-state index contributed by atoms with van der Waals surface area (Å²) in [5.74, 6) is 0.314. The summed E-state index contributed by atoms with van der Waals surface area (Å²) in [6.45, 7) is 10.1. The van der Waals surface area contributed by atoms with Gasteiger partial charge in [0, 0.05) is 51.2 Å². The fourth-order valence-corrected chi connectivity index (χ4v) is 5.38. The van der Waals surface area contributed by atoms with Crippen LogP contribution in [-0.4, -0.2) is 9.55 Å². The normalized spacial score (nSPS) is 14.1. The second kappa shape index (κ2) is 11.8. The fraction of sp³-hybridized carbons (Fsp3) is 0.273.